The average Bonchev–Trinajstić information content (AvgIpc) is 2.75. The summed E-state index contributed by atoms with van der Waals surface area (Å²) in [6, 6.07) is 7.08. The van der Waals surface area contributed by atoms with Crippen LogP contribution in [0.15, 0.2) is 30.5 Å². The number of rotatable bonds is 1. The van der Waals surface area contributed by atoms with Gasteiger partial charge in [0.2, 0.25) is 0 Å². The Bertz CT molecular complexity index is 660. The molecule has 0 aliphatic heterocycles. The highest BCUT2D eigenvalue weighted by atomic mass is 35.5. The van der Waals surface area contributed by atoms with Crippen LogP contribution in [0, 0.1) is 11.2 Å². The van der Waals surface area contributed by atoms with E-state index < -0.39 is 0 Å². The summed E-state index contributed by atoms with van der Waals surface area (Å²) in [5.41, 5.74) is 9.07. The minimum atomic E-state index is -0.385. The van der Waals surface area contributed by atoms with E-state index in [0.717, 1.165) is 24.1 Å². The first-order valence-corrected chi connectivity index (χ1v) is 7.17. The number of benzene rings is 1. The van der Waals surface area contributed by atoms with Crippen LogP contribution in [0.4, 0.5) is 4.39 Å². The number of halogens is 2. The van der Waals surface area contributed by atoms with Gasteiger partial charge in [-0.15, -0.1) is 0 Å². The molecule has 0 radical (unpaired) electrons. The van der Waals surface area contributed by atoms with E-state index in [9.17, 15) is 4.39 Å². The van der Waals surface area contributed by atoms with Crippen molar-refractivity contribution in [3.63, 3.8) is 0 Å². The molecule has 1 atom stereocenters. The molecule has 1 aromatic heterocycles. The van der Waals surface area contributed by atoms with Gasteiger partial charge in [0, 0.05) is 17.9 Å². The van der Waals surface area contributed by atoms with E-state index in [1.54, 1.807) is 18.2 Å². The molecular weight excluding hydrogens is 275 g/mol. The Labute approximate surface area is 123 Å². The van der Waals surface area contributed by atoms with Gasteiger partial charge in [0.05, 0.1) is 10.7 Å². The SMILES string of the molecule is CC1(C)Cc2c(ccn2-c2cccc(Cl)c2F)C(N)C1. The number of hydrogen-bond donors (Lipinski definition) is 1. The molecule has 0 amide bonds. The fourth-order valence-corrected chi connectivity index (χ4v) is 3.31. The van der Waals surface area contributed by atoms with Crippen LogP contribution in [0.25, 0.3) is 5.69 Å². The second-order valence-corrected chi connectivity index (χ2v) is 6.72. The van der Waals surface area contributed by atoms with Gasteiger partial charge in [0.1, 0.15) is 0 Å². The molecule has 2 aromatic rings. The fourth-order valence-electron chi connectivity index (χ4n) is 3.14. The summed E-state index contributed by atoms with van der Waals surface area (Å²) in [6.07, 6.45) is 3.72. The largest absolute Gasteiger partial charge is 0.324 e. The van der Waals surface area contributed by atoms with E-state index in [4.69, 9.17) is 17.3 Å². The predicted octanol–water partition coefficient (Wildman–Crippen LogP) is 4.24. The third-order valence-corrected chi connectivity index (χ3v) is 4.33. The molecule has 1 aromatic carbocycles. The van der Waals surface area contributed by atoms with Crippen LogP contribution >= 0.6 is 11.6 Å². The first kappa shape index (κ1) is 13.7. The lowest BCUT2D eigenvalue weighted by Gasteiger charge is -2.34. The molecule has 0 saturated heterocycles. The van der Waals surface area contributed by atoms with Crippen molar-refractivity contribution in [2.75, 3.05) is 0 Å². The minimum Gasteiger partial charge on any atom is -0.324 e. The molecule has 0 bridgehead atoms. The number of fused-ring (bicyclic) bond motifs is 1. The molecular formula is C16H18ClFN2. The van der Waals surface area contributed by atoms with Crippen molar-refractivity contribution in [3.8, 4) is 5.69 Å². The van der Waals surface area contributed by atoms with Crippen molar-refractivity contribution in [2.24, 2.45) is 11.1 Å². The molecule has 0 spiro atoms. The van der Waals surface area contributed by atoms with Gasteiger partial charge in [0.25, 0.3) is 0 Å². The van der Waals surface area contributed by atoms with Crippen LogP contribution in [0.3, 0.4) is 0 Å². The summed E-state index contributed by atoms with van der Waals surface area (Å²) in [7, 11) is 0. The lowest BCUT2D eigenvalue weighted by atomic mass is 9.74. The summed E-state index contributed by atoms with van der Waals surface area (Å²) in [6.45, 7) is 4.39. The Hall–Kier alpha value is -1.32. The van der Waals surface area contributed by atoms with E-state index in [2.05, 4.69) is 13.8 Å². The molecule has 1 aliphatic carbocycles. The Kier molecular flexibility index (Phi) is 3.14. The van der Waals surface area contributed by atoms with Gasteiger partial charge in [0.15, 0.2) is 5.82 Å². The molecule has 4 heteroatoms. The highest BCUT2D eigenvalue weighted by molar-refractivity contribution is 6.30. The second-order valence-electron chi connectivity index (χ2n) is 6.31. The summed E-state index contributed by atoms with van der Waals surface area (Å²) in [5.74, 6) is -0.385. The lowest BCUT2D eigenvalue weighted by Crippen LogP contribution is -2.30. The molecule has 0 fully saturated rings. The molecule has 1 heterocycles. The van der Waals surface area contributed by atoms with Crippen LogP contribution in [-0.4, -0.2) is 4.57 Å². The molecule has 1 unspecified atom stereocenters. The summed E-state index contributed by atoms with van der Waals surface area (Å²) >= 11 is 5.89. The predicted molar refractivity (Wildman–Crippen MR) is 79.8 cm³/mol. The van der Waals surface area contributed by atoms with Gasteiger partial charge in [-0.1, -0.05) is 31.5 Å². The van der Waals surface area contributed by atoms with Gasteiger partial charge >= 0.3 is 0 Å². The van der Waals surface area contributed by atoms with E-state index in [1.165, 1.54) is 0 Å². The maximum Gasteiger partial charge on any atom is 0.165 e. The van der Waals surface area contributed by atoms with Crippen LogP contribution in [0.5, 0.6) is 0 Å². The minimum absolute atomic E-state index is 0.0113. The highest BCUT2D eigenvalue weighted by Crippen LogP contribution is 2.41. The zero-order valence-corrected chi connectivity index (χ0v) is 12.4. The average molecular weight is 293 g/mol. The van der Waals surface area contributed by atoms with Crippen molar-refractivity contribution in [1.29, 1.82) is 0 Å². The fraction of sp³-hybridized carbons (Fsp3) is 0.375. The standard InChI is InChI=1S/C16H18ClFN2/c1-16(2)8-12(19)10-6-7-20(14(10)9-16)13-5-3-4-11(17)15(13)18/h3-7,12H,8-9,19H2,1-2H3. The van der Waals surface area contributed by atoms with Gasteiger partial charge in [-0.05, 0) is 42.0 Å². The molecule has 2 N–H and O–H groups in total. The first-order valence-electron chi connectivity index (χ1n) is 6.79. The third-order valence-electron chi connectivity index (χ3n) is 4.04. The Balaban J connectivity index is 2.16. The van der Waals surface area contributed by atoms with Crippen LogP contribution in [0.2, 0.25) is 5.02 Å². The van der Waals surface area contributed by atoms with Crippen LogP contribution < -0.4 is 5.73 Å². The zero-order chi connectivity index (χ0) is 14.5. The lowest BCUT2D eigenvalue weighted by molar-refractivity contribution is 0.278. The molecule has 106 valence electrons. The normalized spacial score (nSPS) is 20.8. The molecule has 20 heavy (non-hydrogen) atoms. The van der Waals surface area contributed by atoms with E-state index in [1.807, 2.05) is 16.8 Å². The van der Waals surface area contributed by atoms with E-state index in [0.29, 0.717) is 5.69 Å². The van der Waals surface area contributed by atoms with Gasteiger partial charge in [-0.25, -0.2) is 4.39 Å². The summed E-state index contributed by atoms with van der Waals surface area (Å²) in [5, 5.41) is 0.143. The third kappa shape index (κ3) is 2.15. The molecule has 1 aliphatic rings. The van der Waals surface area contributed by atoms with E-state index in [-0.39, 0.29) is 22.3 Å². The smallest absolute Gasteiger partial charge is 0.165 e. The number of aromatic nitrogens is 1. The maximum atomic E-state index is 14.2. The number of hydrogen-bond acceptors (Lipinski definition) is 1. The first-order chi connectivity index (χ1) is 9.39. The topological polar surface area (TPSA) is 30.9 Å². The molecule has 3 rings (SSSR count). The van der Waals surface area contributed by atoms with Gasteiger partial charge < -0.3 is 10.3 Å². The van der Waals surface area contributed by atoms with Gasteiger partial charge in [-0.3, -0.25) is 0 Å². The van der Waals surface area contributed by atoms with Crippen molar-refractivity contribution in [3.05, 3.63) is 52.6 Å². The maximum absolute atomic E-state index is 14.2. The van der Waals surface area contributed by atoms with Crippen molar-refractivity contribution >= 4 is 11.6 Å². The van der Waals surface area contributed by atoms with Gasteiger partial charge in [-0.2, -0.15) is 0 Å². The number of nitrogens with zero attached hydrogens (tertiary/aromatic N) is 1. The van der Waals surface area contributed by atoms with Crippen LogP contribution in [-0.2, 0) is 6.42 Å². The highest BCUT2D eigenvalue weighted by Gasteiger charge is 2.33. The second kappa shape index (κ2) is 4.61. The quantitative estimate of drug-likeness (QED) is 0.837. The Morgan fingerprint density at radius 1 is 1.35 bits per heavy atom. The molecule has 2 nitrogen and oxygen atoms in total. The Morgan fingerprint density at radius 3 is 2.85 bits per heavy atom. The van der Waals surface area contributed by atoms with Crippen molar-refractivity contribution in [1.82, 2.24) is 4.57 Å². The van der Waals surface area contributed by atoms with E-state index >= 15 is 0 Å². The zero-order valence-electron chi connectivity index (χ0n) is 11.7. The summed E-state index contributed by atoms with van der Waals surface area (Å²) in [4.78, 5) is 0. The Morgan fingerprint density at radius 2 is 2.10 bits per heavy atom. The van der Waals surface area contributed by atoms with Crippen molar-refractivity contribution in [2.45, 2.75) is 32.7 Å². The summed E-state index contributed by atoms with van der Waals surface area (Å²) < 4.78 is 16.1. The monoisotopic (exact) mass is 292 g/mol. The van der Waals surface area contributed by atoms with Crippen LogP contribution in [0.1, 0.15) is 37.6 Å². The number of nitrogens with two attached hydrogens (primary N) is 1. The molecule has 0 saturated carbocycles. The van der Waals surface area contributed by atoms with Crippen molar-refractivity contribution < 1.29 is 4.39 Å².